The molecule has 4 N–H and O–H groups in total. The molecule has 5 atom stereocenters. The monoisotopic (exact) mass is 206 g/mol. The predicted octanol–water partition coefficient (Wildman–Crippen LogP) is -2.58. The largest absolute Gasteiger partial charge is 0.394 e. The summed E-state index contributed by atoms with van der Waals surface area (Å²) in [6.45, 7) is -0.472. The molecule has 14 heavy (non-hydrogen) atoms. The number of carbonyl (C=O) groups excluding carboxylic acids is 1. The molecule has 0 aromatic heterocycles. The SMILES string of the molecule is O=CC[C@@H]1O[C@H](CO)[C@@H](O)[C@H](O)[C@@H]1O. The number of carbonyl (C=O) groups is 1. The van der Waals surface area contributed by atoms with Gasteiger partial charge in [-0.05, 0) is 0 Å². The van der Waals surface area contributed by atoms with Gasteiger partial charge in [0.15, 0.2) is 0 Å². The van der Waals surface area contributed by atoms with Crippen LogP contribution in [-0.2, 0) is 9.53 Å². The van der Waals surface area contributed by atoms with E-state index in [1.54, 1.807) is 0 Å². The predicted molar refractivity (Wildman–Crippen MR) is 44.4 cm³/mol. The van der Waals surface area contributed by atoms with E-state index in [0.29, 0.717) is 6.29 Å². The van der Waals surface area contributed by atoms with Gasteiger partial charge in [0, 0.05) is 6.42 Å². The van der Waals surface area contributed by atoms with Crippen LogP contribution < -0.4 is 0 Å². The van der Waals surface area contributed by atoms with E-state index in [1.165, 1.54) is 0 Å². The molecule has 0 aromatic carbocycles. The fraction of sp³-hybridized carbons (Fsp3) is 0.875. The van der Waals surface area contributed by atoms with Gasteiger partial charge in [-0.1, -0.05) is 0 Å². The molecule has 1 aliphatic heterocycles. The normalized spacial score (nSPS) is 43.6. The van der Waals surface area contributed by atoms with Crippen molar-refractivity contribution in [2.24, 2.45) is 0 Å². The number of aliphatic hydroxyl groups excluding tert-OH is 4. The van der Waals surface area contributed by atoms with E-state index in [-0.39, 0.29) is 6.42 Å². The second kappa shape index (κ2) is 4.81. The molecule has 1 rings (SSSR count). The summed E-state index contributed by atoms with van der Waals surface area (Å²) in [7, 11) is 0. The topological polar surface area (TPSA) is 107 Å². The van der Waals surface area contributed by atoms with E-state index in [2.05, 4.69) is 0 Å². The molecular weight excluding hydrogens is 192 g/mol. The lowest BCUT2D eigenvalue weighted by atomic mass is 9.94. The van der Waals surface area contributed by atoms with Crippen molar-refractivity contribution >= 4 is 6.29 Å². The first-order valence-corrected chi connectivity index (χ1v) is 4.36. The van der Waals surface area contributed by atoms with Crippen LogP contribution >= 0.6 is 0 Å². The molecule has 0 spiro atoms. The molecule has 6 nitrogen and oxygen atoms in total. The number of rotatable bonds is 3. The summed E-state index contributed by atoms with van der Waals surface area (Å²) in [5.41, 5.74) is 0. The van der Waals surface area contributed by atoms with E-state index in [1.807, 2.05) is 0 Å². The third-order valence-electron chi connectivity index (χ3n) is 2.32. The van der Waals surface area contributed by atoms with Gasteiger partial charge >= 0.3 is 0 Å². The summed E-state index contributed by atoms with van der Waals surface area (Å²) < 4.78 is 5.03. The van der Waals surface area contributed by atoms with Crippen molar-refractivity contribution < 1.29 is 30.0 Å². The Labute approximate surface area is 80.7 Å². The average Bonchev–Trinajstić information content (AvgIpc) is 2.19. The molecular formula is C8H14O6. The number of hydrogen-bond donors (Lipinski definition) is 4. The standard InChI is InChI=1S/C8H14O6/c9-2-1-4-6(11)8(13)7(12)5(3-10)14-4/h2,4-8,10-13H,1,3H2/t4-,5+,6+,7+,8+/m0/s1. The summed E-state index contributed by atoms with van der Waals surface area (Å²) in [5.74, 6) is 0. The number of hydrogen-bond acceptors (Lipinski definition) is 6. The molecule has 0 bridgehead atoms. The quantitative estimate of drug-likeness (QED) is 0.378. The van der Waals surface area contributed by atoms with Crippen LogP contribution in [0.4, 0.5) is 0 Å². The first-order valence-electron chi connectivity index (χ1n) is 4.36. The lowest BCUT2D eigenvalue weighted by molar-refractivity contribution is -0.228. The van der Waals surface area contributed by atoms with Gasteiger partial charge in [-0.3, -0.25) is 0 Å². The summed E-state index contributed by atoms with van der Waals surface area (Å²) in [4.78, 5) is 10.2. The smallest absolute Gasteiger partial charge is 0.122 e. The van der Waals surface area contributed by atoms with Crippen molar-refractivity contribution in [1.29, 1.82) is 0 Å². The van der Waals surface area contributed by atoms with Crippen LogP contribution in [0.2, 0.25) is 0 Å². The highest BCUT2D eigenvalue weighted by Crippen LogP contribution is 2.22. The van der Waals surface area contributed by atoms with Gasteiger partial charge in [0.25, 0.3) is 0 Å². The minimum absolute atomic E-state index is 0.0819. The molecule has 0 amide bonds. The molecule has 0 radical (unpaired) electrons. The molecule has 0 aromatic rings. The fourth-order valence-corrected chi connectivity index (χ4v) is 1.47. The lowest BCUT2D eigenvalue weighted by Gasteiger charge is -2.39. The van der Waals surface area contributed by atoms with Gasteiger partial charge in [-0.25, -0.2) is 0 Å². The molecule has 1 heterocycles. The van der Waals surface area contributed by atoms with Gasteiger partial charge in [-0.2, -0.15) is 0 Å². The highest BCUT2D eigenvalue weighted by atomic mass is 16.5. The molecule has 82 valence electrons. The highest BCUT2D eigenvalue weighted by Gasteiger charge is 2.42. The Morgan fingerprint density at radius 2 is 1.64 bits per heavy atom. The molecule has 0 saturated carbocycles. The van der Waals surface area contributed by atoms with Crippen molar-refractivity contribution in [2.75, 3.05) is 6.61 Å². The Morgan fingerprint density at radius 1 is 1.07 bits per heavy atom. The number of ether oxygens (including phenoxy) is 1. The van der Waals surface area contributed by atoms with Crippen molar-refractivity contribution in [3.8, 4) is 0 Å². The molecule has 1 fully saturated rings. The van der Waals surface area contributed by atoms with Crippen molar-refractivity contribution in [2.45, 2.75) is 36.9 Å². The fourth-order valence-electron chi connectivity index (χ4n) is 1.47. The maximum Gasteiger partial charge on any atom is 0.122 e. The van der Waals surface area contributed by atoms with Crippen LogP contribution in [0.25, 0.3) is 0 Å². The molecule has 0 unspecified atom stereocenters. The van der Waals surface area contributed by atoms with Crippen LogP contribution in [0.15, 0.2) is 0 Å². The van der Waals surface area contributed by atoms with E-state index >= 15 is 0 Å². The van der Waals surface area contributed by atoms with E-state index < -0.39 is 37.1 Å². The Kier molecular flexibility index (Phi) is 3.97. The van der Waals surface area contributed by atoms with Gasteiger partial charge in [0.2, 0.25) is 0 Å². The summed E-state index contributed by atoms with van der Waals surface area (Å²) in [6, 6.07) is 0. The molecule has 1 aliphatic rings. The lowest BCUT2D eigenvalue weighted by Crippen LogP contribution is -2.58. The maximum atomic E-state index is 10.2. The highest BCUT2D eigenvalue weighted by molar-refractivity contribution is 5.50. The van der Waals surface area contributed by atoms with Crippen LogP contribution in [0.1, 0.15) is 6.42 Å². The van der Waals surface area contributed by atoms with Gasteiger partial charge < -0.3 is 30.0 Å². The van der Waals surface area contributed by atoms with Crippen LogP contribution in [0, 0.1) is 0 Å². The second-order valence-electron chi connectivity index (χ2n) is 3.27. The molecule has 1 saturated heterocycles. The van der Waals surface area contributed by atoms with E-state index in [0.717, 1.165) is 0 Å². The first-order chi connectivity index (χ1) is 6.61. The Morgan fingerprint density at radius 3 is 2.14 bits per heavy atom. The zero-order valence-electron chi connectivity index (χ0n) is 7.48. The summed E-state index contributed by atoms with van der Waals surface area (Å²) in [6.07, 6.45) is -5.41. The van der Waals surface area contributed by atoms with E-state index in [4.69, 9.17) is 9.84 Å². The maximum absolute atomic E-state index is 10.2. The number of aldehydes is 1. The van der Waals surface area contributed by atoms with Crippen molar-refractivity contribution in [3.05, 3.63) is 0 Å². The van der Waals surface area contributed by atoms with Gasteiger partial charge in [0.1, 0.15) is 30.7 Å². The average molecular weight is 206 g/mol. The first kappa shape index (κ1) is 11.5. The Balaban J connectivity index is 2.67. The minimum Gasteiger partial charge on any atom is -0.394 e. The van der Waals surface area contributed by atoms with Crippen LogP contribution in [0.3, 0.4) is 0 Å². The van der Waals surface area contributed by atoms with Crippen molar-refractivity contribution in [3.63, 3.8) is 0 Å². The summed E-state index contributed by atoms with van der Waals surface area (Å²) >= 11 is 0. The molecule has 6 heteroatoms. The van der Waals surface area contributed by atoms with Crippen molar-refractivity contribution in [1.82, 2.24) is 0 Å². The summed E-state index contributed by atoms with van der Waals surface area (Å²) in [5, 5.41) is 36.8. The Hall–Kier alpha value is -0.530. The minimum atomic E-state index is -1.40. The number of aliphatic hydroxyl groups is 4. The Bertz CT molecular complexity index is 194. The molecule has 0 aliphatic carbocycles. The third-order valence-corrected chi connectivity index (χ3v) is 2.32. The third kappa shape index (κ3) is 2.10. The van der Waals surface area contributed by atoms with Gasteiger partial charge in [0.05, 0.1) is 12.7 Å². The van der Waals surface area contributed by atoms with Gasteiger partial charge in [-0.15, -0.1) is 0 Å². The van der Waals surface area contributed by atoms with E-state index in [9.17, 15) is 20.1 Å². The zero-order valence-corrected chi connectivity index (χ0v) is 7.48. The van der Waals surface area contributed by atoms with Crippen LogP contribution in [-0.4, -0.2) is 63.8 Å². The second-order valence-corrected chi connectivity index (χ2v) is 3.27. The van der Waals surface area contributed by atoms with Crippen LogP contribution in [0.5, 0.6) is 0 Å². The zero-order chi connectivity index (χ0) is 10.7.